The van der Waals surface area contributed by atoms with Crippen molar-refractivity contribution < 1.29 is 29.3 Å². The average Bonchev–Trinajstić information content (AvgIpc) is 2.72. The standard InChI is InChI=1S/C20H22N2O6/c1-13(24)19-15(4-3-7-21-19)20(26)22-8-9-27-11-14(22)12-28-18-6-2-5-17(25)16(18)10-23/h2-7,10,13-14,24-25H,8-9,11-12H2,1H3/t13-,14-/m0/s1. The average molecular weight is 386 g/mol. The zero-order valence-corrected chi connectivity index (χ0v) is 15.4. The number of benzene rings is 1. The van der Waals surface area contributed by atoms with Crippen LogP contribution in [0.1, 0.15) is 39.4 Å². The van der Waals surface area contributed by atoms with E-state index in [1.54, 1.807) is 36.1 Å². The van der Waals surface area contributed by atoms with Crippen LogP contribution < -0.4 is 4.74 Å². The Labute approximate surface area is 162 Å². The molecule has 0 bridgehead atoms. The monoisotopic (exact) mass is 386 g/mol. The predicted molar refractivity (Wildman–Crippen MR) is 99.5 cm³/mol. The SMILES string of the molecule is C[C@H](O)c1ncccc1C(=O)N1CCOC[C@H]1COc1cccc(O)c1C=O. The number of phenolic OH excluding ortho intramolecular Hbond substituents is 1. The molecule has 0 unspecified atom stereocenters. The molecule has 148 valence electrons. The molecule has 1 aromatic heterocycles. The minimum atomic E-state index is -0.877. The van der Waals surface area contributed by atoms with Crippen LogP contribution in [0.15, 0.2) is 36.5 Å². The van der Waals surface area contributed by atoms with Crippen molar-refractivity contribution in [2.24, 2.45) is 0 Å². The van der Waals surface area contributed by atoms with Gasteiger partial charge in [0.1, 0.15) is 18.1 Å². The van der Waals surface area contributed by atoms with Crippen molar-refractivity contribution >= 4 is 12.2 Å². The molecule has 2 N–H and O–H groups in total. The van der Waals surface area contributed by atoms with Crippen molar-refractivity contribution in [3.8, 4) is 11.5 Å². The van der Waals surface area contributed by atoms with Crippen molar-refractivity contribution in [3.05, 3.63) is 53.3 Å². The molecular formula is C20H22N2O6. The zero-order chi connectivity index (χ0) is 20.1. The molecule has 1 fully saturated rings. The van der Waals surface area contributed by atoms with E-state index in [1.807, 2.05) is 0 Å². The number of aliphatic hydroxyl groups is 1. The second kappa shape index (κ2) is 8.81. The van der Waals surface area contributed by atoms with E-state index in [1.165, 1.54) is 12.3 Å². The quantitative estimate of drug-likeness (QED) is 0.725. The number of rotatable bonds is 6. The first kappa shape index (κ1) is 19.8. The van der Waals surface area contributed by atoms with Gasteiger partial charge in [-0.2, -0.15) is 0 Å². The summed E-state index contributed by atoms with van der Waals surface area (Å²) in [7, 11) is 0. The maximum Gasteiger partial charge on any atom is 0.256 e. The number of ether oxygens (including phenoxy) is 2. The highest BCUT2D eigenvalue weighted by molar-refractivity contribution is 5.95. The summed E-state index contributed by atoms with van der Waals surface area (Å²) in [4.78, 5) is 30.0. The number of aromatic hydroxyl groups is 1. The van der Waals surface area contributed by atoms with Crippen molar-refractivity contribution in [1.29, 1.82) is 0 Å². The summed E-state index contributed by atoms with van der Waals surface area (Å²) in [6, 6.07) is 7.42. The highest BCUT2D eigenvalue weighted by atomic mass is 16.5. The molecule has 0 saturated carbocycles. The highest BCUT2D eigenvalue weighted by Gasteiger charge is 2.31. The molecular weight excluding hydrogens is 364 g/mol. The molecule has 1 aliphatic rings. The van der Waals surface area contributed by atoms with Gasteiger partial charge in [0.05, 0.1) is 42.2 Å². The molecule has 0 spiro atoms. The Hall–Kier alpha value is -2.97. The molecule has 0 aliphatic carbocycles. The summed E-state index contributed by atoms with van der Waals surface area (Å²) in [5.41, 5.74) is 0.700. The normalized spacial score (nSPS) is 17.8. The number of aromatic nitrogens is 1. The molecule has 28 heavy (non-hydrogen) atoms. The van der Waals surface area contributed by atoms with Gasteiger partial charge in [-0.15, -0.1) is 0 Å². The van der Waals surface area contributed by atoms with Crippen LogP contribution in [0.2, 0.25) is 0 Å². The third-order valence-electron chi connectivity index (χ3n) is 4.55. The number of carbonyl (C=O) groups is 2. The minimum Gasteiger partial charge on any atom is -0.507 e. The van der Waals surface area contributed by atoms with Crippen molar-refractivity contribution in [3.63, 3.8) is 0 Å². The summed E-state index contributed by atoms with van der Waals surface area (Å²) >= 11 is 0. The number of hydrogen-bond donors (Lipinski definition) is 2. The van der Waals surface area contributed by atoms with Crippen molar-refractivity contribution in [1.82, 2.24) is 9.88 Å². The Morgan fingerprint density at radius 1 is 1.43 bits per heavy atom. The van der Waals surface area contributed by atoms with E-state index in [0.29, 0.717) is 30.7 Å². The van der Waals surface area contributed by atoms with Gasteiger partial charge in [-0.05, 0) is 31.2 Å². The van der Waals surface area contributed by atoms with Crippen LogP contribution in [0.25, 0.3) is 0 Å². The summed E-state index contributed by atoms with van der Waals surface area (Å²) < 4.78 is 11.2. The number of hydrogen-bond acceptors (Lipinski definition) is 7. The molecule has 1 aromatic carbocycles. The van der Waals surface area contributed by atoms with Gasteiger partial charge in [0.15, 0.2) is 6.29 Å². The smallest absolute Gasteiger partial charge is 0.256 e. The maximum atomic E-state index is 13.1. The van der Waals surface area contributed by atoms with Crippen LogP contribution in [0, 0.1) is 0 Å². The largest absolute Gasteiger partial charge is 0.507 e. The van der Waals surface area contributed by atoms with Crippen LogP contribution in [0.4, 0.5) is 0 Å². The van der Waals surface area contributed by atoms with Gasteiger partial charge in [0.2, 0.25) is 0 Å². The fourth-order valence-corrected chi connectivity index (χ4v) is 3.11. The summed E-state index contributed by atoms with van der Waals surface area (Å²) in [6.45, 7) is 2.66. The van der Waals surface area contributed by atoms with E-state index >= 15 is 0 Å². The second-order valence-corrected chi connectivity index (χ2v) is 6.46. The lowest BCUT2D eigenvalue weighted by Gasteiger charge is -2.35. The van der Waals surface area contributed by atoms with Gasteiger partial charge < -0.3 is 24.6 Å². The van der Waals surface area contributed by atoms with Crippen LogP contribution >= 0.6 is 0 Å². The number of phenols is 1. The molecule has 3 rings (SSSR count). The summed E-state index contributed by atoms with van der Waals surface area (Å²) in [5.74, 6) is -0.205. The van der Waals surface area contributed by atoms with Gasteiger partial charge in [-0.1, -0.05) is 6.07 Å². The number of morpholine rings is 1. The van der Waals surface area contributed by atoms with E-state index in [9.17, 15) is 19.8 Å². The molecule has 8 nitrogen and oxygen atoms in total. The third-order valence-corrected chi connectivity index (χ3v) is 4.55. The number of amides is 1. The molecule has 2 heterocycles. The van der Waals surface area contributed by atoms with Crippen LogP contribution in [0.5, 0.6) is 11.5 Å². The summed E-state index contributed by atoms with van der Waals surface area (Å²) in [6.07, 6.45) is 1.18. The maximum absolute atomic E-state index is 13.1. The lowest BCUT2D eigenvalue weighted by molar-refractivity contribution is -0.0153. The lowest BCUT2D eigenvalue weighted by atomic mass is 10.1. The Balaban J connectivity index is 1.79. The first-order valence-corrected chi connectivity index (χ1v) is 8.94. The van der Waals surface area contributed by atoms with Gasteiger partial charge in [-0.25, -0.2) is 0 Å². The van der Waals surface area contributed by atoms with E-state index in [0.717, 1.165) is 0 Å². The summed E-state index contributed by atoms with van der Waals surface area (Å²) in [5, 5.41) is 19.7. The third kappa shape index (κ3) is 4.13. The Bertz CT molecular complexity index is 854. The molecule has 2 aromatic rings. The van der Waals surface area contributed by atoms with Crippen LogP contribution in [-0.4, -0.2) is 64.7 Å². The molecule has 1 saturated heterocycles. The highest BCUT2D eigenvalue weighted by Crippen LogP contribution is 2.26. The topological polar surface area (TPSA) is 109 Å². The molecule has 1 amide bonds. The number of pyridine rings is 1. The molecule has 2 atom stereocenters. The molecule has 0 radical (unpaired) electrons. The Kier molecular flexibility index (Phi) is 6.23. The van der Waals surface area contributed by atoms with Crippen molar-refractivity contribution in [2.45, 2.75) is 19.1 Å². The van der Waals surface area contributed by atoms with Gasteiger partial charge >= 0.3 is 0 Å². The first-order chi connectivity index (χ1) is 13.5. The van der Waals surface area contributed by atoms with Crippen LogP contribution in [-0.2, 0) is 4.74 Å². The van der Waals surface area contributed by atoms with Gasteiger partial charge in [-0.3, -0.25) is 14.6 Å². The number of nitrogens with zero attached hydrogens (tertiary/aromatic N) is 2. The number of carbonyl (C=O) groups excluding carboxylic acids is 2. The van der Waals surface area contributed by atoms with Gasteiger partial charge in [0.25, 0.3) is 5.91 Å². The fourth-order valence-electron chi connectivity index (χ4n) is 3.11. The predicted octanol–water partition coefficient (Wildman–Crippen LogP) is 1.57. The number of aliphatic hydroxyl groups excluding tert-OH is 1. The zero-order valence-electron chi connectivity index (χ0n) is 15.4. The van der Waals surface area contributed by atoms with E-state index < -0.39 is 12.1 Å². The number of aldehydes is 1. The van der Waals surface area contributed by atoms with Crippen molar-refractivity contribution in [2.75, 3.05) is 26.4 Å². The molecule has 1 aliphatic heterocycles. The lowest BCUT2D eigenvalue weighted by Crippen LogP contribution is -2.51. The first-order valence-electron chi connectivity index (χ1n) is 8.94. The Morgan fingerprint density at radius 2 is 2.25 bits per heavy atom. The fraction of sp³-hybridized carbons (Fsp3) is 0.350. The van der Waals surface area contributed by atoms with E-state index in [-0.39, 0.29) is 36.2 Å². The second-order valence-electron chi connectivity index (χ2n) is 6.46. The van der Waals surface area contributed by atoms with Crippen LogP contribution in [0.3, 0.4) is 0 Å². The van der Waals surface area contributed by atoms with Gasteiger partial charge in [0, 0.05) is 12.7 Å². The molecule has 8 heteroatoms. The Morgan fingerprint density at radius 3 is 3.00 bits per heavy atom. The minimum absolute atomic E-state index is 0.0563. The van der Waals surface area contributed by atoms with E-state index in [4.69, 9.17) is 9.47 Å². The van der Waals surface area contributed by atoms with E-state index in [2.05, 4.69) is 4.98 Å².